The van der Waals surface area contributed by atoms with E-state index in [1.807, 2.05) is 6.92 Å². The van der Waals surface area contributed by atoms with E-state index < -0.39 is 0 Å². The van der Waals surface area contributed by atoms with Gasteiger partial charge in [0.05, 0.1) is 14.9 Å². The maximum Gasteiger partial charge on any atom is 0.343 e. The highest BCUT2D eigenvalue weighted by Gasteiger charge is 2.14. The van der Waals surface area contributed by atoms with E-state index in [0.29, 0.717) is 32.3 Å². The minimum Gasteiger partial charge on any atom is -0.399 e. The maximum atomic E-state index is 11.6. The Bertz CT molecular complexity index is 629. The van der Waals surface area contributed by atoms with Crippen LogP contribution in [0.1, 0.15) is 13.3 Å². The van der Waals surface area contributed by atoms with E-state index in [0.717, 1.165) is 6.42 Å². The fourth-order valence-corrected chi connectivity index (χ4v) is 3.18. The number of anilines is 1. The van der Waals surface area contributed by atoms with Crippen LogP contribution in [0.15, 0.2) is 27.0 Å². The lowest BCUT2D eigenvalue weighted by atomic mass is 10.3. The summed E-state index contributed by atoms with van der Waals surface area (Å²) in [6.45, 7) is 2.57. The van der Waals surface area contributed by atoms with Crippen LogP contribution in [0.2, 0.25) is 10.0 Å². The van der Waals surface area contributed by atoms with E-state index >= 15 is 0 Å². The summed E-state index contributed by atoms with van der Waals surface area (Å²) in [5.74, 6) is 0. The van der Waals surface area contributed by atoms with E-state index in [1.54, 1.807) is 16.7 Å². The van der Waals surface area contributed by atoms with Crippen molar-refractivity contribution in [1.82, 2.24) is 14.8 Å². The van der Waals surface area contributed by atoms with Gasteiger partial charge < -0.3 is 5.73 Å². The van der Waals surface area contributed by atoms with Crippen LogP contribution in [0.5, 0.6) is 0 Å². The number of nitrogens with zero attached hydrogens (tertiary/aromatic N) is 2. The van der Waals surface area contributed by atoms with Gasteiger partial charge in [0, 0.05) is 12.2 Å². The van der Waals surface area contributed by atoms with Crippen LogP contribution < -0.4 is 11.4 Å². The lowest BCUT2D eigenvalue weighted by Gasteiger charge is -2.08. The van der Waals surface area contributed by atoms with Crippen LogP contribution >= 0.6 is 35.0 Å². The van der Waals surface area contributed by atoms with Crippen LogP contribution in [0, 0.1) is 0 Å². The molecule has 0 radical (unpaired) electrons. The largest absolute Gasteiger partial charge is 0.399 e. The topological polar surface area (TPSA) is 76.7 Å². The van der Waals surface area contributed by atoms with Crippen molar-refractivity contribution < 1.29 is 0 Å². The lowest BCUT2D eigenvalue weighted by molar-refractivity contribution is 0.604. The van der Waals surface area contributed by atoms with E-state index in [2.05, 4.69) is 10.2 Å². The Morgan fingerprint density at radius 1 is 1.42 bits per heavy atom. The van der Waals surface area contributed by atoms with Crippen molar-refractivity contribution in [3.05, 3.63) is 32.7 Å². The molecule has 0 bridgehead atoms. The second-order valence-corrected chi connectivity index (χ2v) is 5.67. The highest BCUT2D eigenvalue weighted by Crippen LogP contribution is 2.38. The summed E-state index contributed by atoms with van der Waals surface area (Å²) in [6.07, 6.45) is 0.830. The number of aromatic amines is 1. The molecule has 0 saturated carbocycles. The molecule has 0 fully saturated rings. The first-order valence-corrected chi connectivity index (χ1v) is 7.17. The fraction of sp³-hybridized carbons (Fsp3) is 0.273. The van der Waals surface area contributed by atoms with Gasteiger partial charge >= 0.3 is 5.69 Å². The number of rotatable bonds is 4. The highest BCUT2D eigenvalue weighted by molar-refractivity contribution is 7.99. The summed E-state index contributed by atoms with van der Waals surface area (Å²) in [5, 5.41) is 7.80. The highest BCUT2D eigenvalue weighted by atomic mass is 35.5. The minimum absolute atomic E-state index is 0.243. The zero-order chi connectivity index (χ0) is 14.0. The molecule has 0 spiro atoms. The third-order valence-electron chi connectivity index (χ3n) is 2.38. The maximum absolute atomic E-state index is 11.6. The molecule has 0 aliphatic rings. The van der Waals surface area contributed by atoms with E-state index in [-0.39, 0.29) is 5.69 Å². The molecule has 0 aliphatic heterocycles. The molecule has 1 aromatic carbocycles. The van der Waals surface area contributed by atoms with E-state index in [4.69, 9.17) is 28.9 Å². The fourth-order valence-electron chi connectivity index (χ4n) is 1.57. The first-order chi connectivity index (χ1) is 9.02. The summed E-state index contributed by atoms with van der Waals surface area (Å²) in [4.78, 5) is 12.2. The van der Waals surface area contributed by atoms with Crippen molar-refractivity contribution in [2.24, 2.45) is 0 Å². The second kappa shape index (κ2) is 5.90. The van der Waals surface area contributed by atoms with Gasteiger partial charge in [-0.15, -0.1) is 5.10 Å². The molecule has 19 heavy (non-hydrogen) atoms. The van der Waals surface area contributed by atoms with Crippen LogP contribution in [0.4, 0.5) is 5.69 Å². The van der Waals surface area contributed by atoms with Gasteiger partial charge in [0.2, 0.25) is 0 Å². The predicted octanol–water partition coefficient (Wildman–Crippen LogP) is 3.02. The molecule has 2 rings (SSSR count). The summed E-state index contributed by atoms with van der Waals surface area (Å²) in [5.41, 5.74) is 5.90. The van der Waals surface area contributed by atoms with Gasteiger partial charge in [-0.05, 0) is 30.3 Å². The Morgan fingerprint density at radius 3 is 2.63 bits per heavy atom. The third kappa shape index (κ3) is 3.08. The minimum atomic E-state index is -0.243. The lowest BCUT2D eigenvalue weighted by Crippen LogP contribution is -2.17. The van der Waals surface area contributed by atoms with Gasteiger partial charge in [0.25, 0.3) is 0 Å². The number of nitrogens with two attached hydrogens (primary N) is 1. The average molecular weight is 319 g/mol. The quantitative estimate of drug-likeness (QED) is 0.849. The molecule has 8 heteroatoms. The number of aromatic nitrogens is 3. The standard InChI is InChI=1S/C11H12Cl2N4OS/c1-2-3-17-10(18)15-16-11(17)19-9-7(12)4-6(14)5-8(9)13/h4-5H,2-3,14H2,1H3,(H,15,18). The number of nitrogens with one attached hydrogen (secondary N) is 1. The van der Waals surface area contributed by atoms with Crippen molar-refractivity contribution in [3.8, 4) is 0 Å². The van der Waals surface area contributed by atoms with Crippen molar-refractivity contribution in [2.75, 3.05) is 5.73 Å². The van der Waals surface area contributed by atoms with Gasteiger partial charge in [-0.3, -0.25) is 4.57 Å². The van der Waals surface area contributed by atoms with Crippen molar-refractivity contribution in [3.63, 3.8) is 0 Å². The van der Waals surface area contributed by atoms with Crippen LogP contribution in [0.25, 0.3) is 0 Å². The van der Waals surface area contributed by atoms with Crippen molar-refractivity contribution >= 4 is 40.7 Å². The number of halogens is 2. The van der Waals surface area contributed by atoms with Crippen molar-refractivity contribution in [2.45, 2.75) is 29.9 Å². The monoisotopic (exact) mass is 318 g/mol. The molecule has 2 aromatic rings. The summed E-state index contributed by atoms with van der Waals surface area (Å²) >= 11 is 13.5. The summed E-state index contributed by atoms with van der Waals surface area (Å²) in [6, 6.07) is 3.23. The van der Waals surface area contributed by atoms with Crippen LogP contribution in [0.3, 0.4) is 0 Å². The van der Waals surface area contributed by atoms with Crippen LogP contribution in [-0.4, -0.2) is 14.8 Å². The Balaban J connectivity index is 2.39. The molecule has 1 aromatic heterocycles. The number of hydrogen-bond acceptors (Lipinski definition) is 4. The second-order valence-electron chi connectivity index (χ2n) is 3.88. The third-order valence-corrected chi connectivity index (χ3v) is 4.34. The first-order valence-electron chi connectivity index (χ1n) is 5.60. The average Bonchev–Trinajstić information content (AvgIpc) is 2.66. The Hall–Kier alpha value is -1.11. The van der Waals surface area contributed by atoms with Crippen LogP contribution in [-0.2, 0) is 6.54 Å². The molecule has 3 N–H and O–H groups in total. The zero-order valence-electron chi connectivity index (χ0n) is 10.1. The number of H-pyrrole nitrogens is 1. The number of hydrogen-bond donors (Lipinski definition) is 2. The summed E-state index contributed by atoms with van der Waals surface area (Å²) < 4.78 is 1.55. The molecule has 0 unspecified atom stereocenters. The molecule has 1 heterocycles. The normalized spacial score (nSPS) is 10.9. The van der Waals surface area contributed by atoms with Crippen molar-refractivity contribution in [1.29, 1.82) is 0 Å². The molecule has 0 atom stereocenters. The number of benzene rings is 1. The van der Waals surface area contributed by atoms with Gasteiger partial charge in [0.15, 0.2) is 5.16 Å². The molecule has 5 nitrogen and oxygen atoms in total. The molecular formula is C11H12Cl2N4OS. The van der Waals surface area contributed by atoms with E-state index in [9.17, 15) is 4.79 Å². The first kappa shape index (κ1) is 14.3. The smallest absolute Gasteiger partial charge is 0.343 e. The molecule has 0 saturated heterocycles. The SMILES string of the molecule is CCCn1c(Sc2c(Cl)cc(N)cc2Cl)n[nH]c1=O. The predicted molar refractivity (Wildman–Crippen MR) is 78.1 cm³/mol. The summed E-state index contributed by atoms with van der Waals surface area (Å²) in [7, 11) is 0. The molecule has 102 valence electrons. The van der Waals surface area contributed by atoms with Gasteiger partial charge in [-0.1, -0.05) is 30.1 Å². The molecule has 0 aliphatic carbocycles. The Labute approximate surface area is 124 Å². The Kier molecular flexibility index (Phi) is 4.44. The molecular weight excluding hydrogens is 307 g/mol. The number of nitrogen functional groups attached to an aromatic ring is 1. The van der Waals surface area contributed by atoms with E-state index in [1.165, 1.54) is 11.8 Å². The van der Waals surface area contributed by atoms with Gasteiger partial charge in [-0.2, -0.15) is 0 Å². The van der Waals surface area contributed by atoms with Gasteiger partial charge in [-0.25, -0.2) is 9.89 Å². The van der Waals surface area contributed by atoms with Gasteiger partial charge in [0.1, 0.15) is 0 Å². The Morgan fingerprint density at radius 2 is 2.05 bits per heavy atom. The molecule has 0 amide bonds. The zero-order valence-corrected chi connectivity index (χ0v) is 12.4.